The van der Waals surface area contributed by atoms with Crippen molar-refractivity contribution in [3.05, 3.63) is 0 Å². The van der Waals surface area contributed by atoms with E-state index >= 15 is 0 Å². The highest BCUT2D eigenvalue weighted by molar-refractivity contribution is 7.99. The van der Waals surface area contributed by atoms with Crippen molar-refractivity contribution < 1.29 is 8.42 Å². The number of sulfonamides is 1. The molecule has 6 heteroatoms. The predicted molar refractivity (Wildman–Crippen MR) is 65.8 cm³/mol. The van der Waals surface area contributed by atoms with Crippen molar-refractivity contribution in [2.24, 2.45) is 0 Å². The number of hydrogen-bond donors (Lipinski definition) is 2. The van der Waals surface area contributed by atoms with Crippen LogP contribution in [0, 0.1) is 0 Å². The fraction of sp³-hybridized carbons (Fsp3) is 1.00. The van der Waals surface area contributed by atoms with Gasteiger partial charge in [0.05, 0.1) is 5.75 Å². The summed E-state index contributed by atoms with van der Waals surface area (Å²) in [7, 11) is -3.02. The molecule has 0 aromatic carbocycles. The third-order valence-electron chi connectivity index (χ3n) is 2.48. The van der Waals surface area contributed by atoms with E-state index in [4.69, 9.17) is 0 Å². The van der Waals surface area contributed by atoms with Gasteiger partial charge in [-0.3, -0.25) is 0 Å². The molecule has 1 saturated heterocycles. The van der Waals surface area contributed by atoms with Gasteiger partial charge in [0.15, 0.2) is 0 Å². The lowest BCUT2D eigenvalue weighted by Crippen LogP contribution is -2.39. The van der Waals surface area contributed by atoms with Crippen LogP contribution in [0.3, 0.4) is 0 Å². The van der Waals surface area contributed by atoms with Gasteiger partial charge in [-0.1, -0.05) is 0 Å². The Morgan fingerprint density at radius 2 is 1.93 bits per heavy atom. The molecule has 4 nitrogen and oxygen atoms in total. The van der Waals surface area contributed by atoms with Crippen LogP contribution in [0.1, 0.15) is 19.8 Å². The van der Waals surface area contributed by atoms with Crippen molar-refractivity contribution >= 4 is 21.8 Å². The van der Waals surface area contributed by atoms with Gasteiger partial charge in [0.1, 0.15) is 0 Å². The highest BCUT2D eigenvalue weighted by Crippen LogP contribution is 2.16. The molecule has 1 fully saturated rings. The first kappa shape index (κ1) is 13.3. The number of hydrogen-bond acceptors (Lipinski definition) is 4. The van der Waals surface area contributed by atoms with Gasteiger partial charge in [0.2, 0.25) is 10.0 Å². The van der Waals surface area contributed by atoms with Crippen LogP contribution in [-0.2, 0) is 10.0 Å². The summed E-state index contributed by atoms with van der Waals surface area (Å²) in [5.41, 5.74) is 0. The molecule has 15 heavy (non-hydrogen) atoms. The summed E-state index contributed by atoms with van der Waals surface area (Å²) in [6.07, 6.45) is 2.40. The maximum atomic E-state index is 11.1. The van der Waals surface area contributed by atoms with Gasteiger partial charge < -0.3 is 5.32 Å². The molecule has 1 aliphatic rings. The Kier molecular flexibility index (Phi) is 5.96. The third-order valence-corrected chi connectivity index (χ3v) is 4.93. The van der Waals surface area contributed by atoms with E-state index in [0.29, 0.717) is 12.6 Å². The summed E-state index contributed by atoms with van der Waals surface area (Å²) in [4.78, 5) is 0. The molecule has 1 aliphatic heterocycles. The first-order valence-corrected chi connectivity index (χ1v) is 8.23. The zero-order valence-electron chi connectivity index (χ0n) is 9.16. The maximum Gasteiger partial charge on any atom is 0.211 e. The van der Waals surface area contributed by atoms with Crippen molar-refractivity contribution in [1.82, 2.24) is 10.0 Å². The Balaban J connectivity index is 2.06. The van der Waals surface area contributed by atoms with Crippen molar-refractivity contribution in [1.29, 1.82) is 0 Å². The predicted octanol–water partition coefficient (Wildman–Crippen LogP) is 0.411. The van der Waals surface area contributed by atoms with E-state index < -0.39 is 10.0 Å². The maximum absolute atomic E-state index is 11.1. The molecule has 0 amide bonds. The standard InChI is InChI=1S/C9H20N2O2S2/c1-2-15(12,13)11-6-5-10-9-3-7-14-8-4-9/h9-11H,2-8H2,1H3. The summed E-state index contributed by atoms with van der Waals surface area (Å²) < 4.78 is 24.8. The summed E-state index contributed by atoms with van der Waals surface area (Å²) in [6, 6.07) is 0.581. The molecule has 0 spiro atoms. The number of rotatable bonds is 6. The van der Waals surface area contributed by atoms with Crippen LogP contribution >= 0.6 is 11.8 Å². The Morgan fingerprint density at radius 1 is 1.27 bits per heavy atom. The van der Waals surface area contributed by atoms with Gasteiger partial charge in [-0.15, -0.1) is 0 Å². The van der Waals surface area contributed by atoms with E-state index in [0.717, 1.165) is 6.54 Å². The smallest absolute Gasteiger partial charge is 0.211 e. The van der Waals surface area contributed by atoms with Crippen LogP contribution in [0.25, 0.3) is 0 Å². The molecular formula is C9H20N2O2S2. The van der Waals surface area contributed by atoms with Gasteiger partial charge in [0.25, 0.3) is 0 Å². The molecule has 1 rings (SSSR count). The molecule has 0 aromatic heterocycles. The van der Waals surface area contributed by atoms with Gasteiger partial charge in [-0.05, 0) is 31.3 Å². The van der Waals surface area contributed by atoms with Crippen molar-refractivity contribution in [2.45, 2.75) is 25.8 Å². The van der Waals surface area contributed by atoms with E-state index in [-0.39, 0.29) is 5.75 Å². The van der Waals surface area contributed by atoms with Crippen LogP contribution in [0.4, 0.5) is 0 Å². The number of thioether (sulfide) groups is 1. The molecule has 0 aromatic rings. The minimum atomic E-state index is -3.02. The van der Waals surface area contributed by atoms with Crippen LogP contribution in [0.15, 0.2) is 0 Å². The molecule has 0 radical (unpaired) electrons. The molecule has 1 heterocycles. The van der Waals surface area contributed by atoms with Crippen LogP contribution < -0.4 is 10.0 Å². The summed E-state index contributed by atoms with van der Waals surface area (Å²) >= 11 is 1.99. The topological polar surface area (TPSA) is 58.2 Å². The lowest BCUT2D eigenvalue weighted by Gasteiger charge is -2.22. The molecule has 90 valence electrons. The highest BCUT2D eigenvalue weighted by Gasteiger charge is 2.12. The van der Waals surface area contributed by atoms with E-state index in [1.807, 2.05) is 11.8 Å². The molecule has 0 aliphatic carbocycles. The fourth-order valence-electron chi connectivity index (χ4n) is 1.49. The SMILES string of the molecule is CCS(=O)(=O)NCCNC1CCSCC1. The molecule has 0 bridgehead atoms. The lowest BCUT2D eigenvalue weighted by molar-refractivity contribution is 0.483. The molecule has 0 atom stereocenters. The van der Waals surface area contributed by atoms with Crippen LogP contribution in [-0.4, -0.2) is 44.8 Å². The minimum Gasteiger partial charge on any atom is -0.313 e. The normalized spacial score (nSPS) is 19.3. The largest absolute Gasteiger partial charge is 0.313 e. The van der Waals surface area contributed by atoms with Gasteiger partial charge >= 0.3 is 0 Å². The Bertz CT molecular complexity index is 261. The molecule has 0 saturated carbocycles. The van der Waals surface area contributed by atoms with E-state index in [1.54, 1.807) is 6.92 Å². The minimum absolute atomic E-state index is 0.160. The van der Waals surface area contributed by atoms with E-state index in [9.17, 15) is 8.42 Å². The van der Waals surface area contributed by atoms with Crippen molar-refractivity contribution in [2.75, 3.05) is 30.3 Å². The zero-order valence-corrected chi connectivity index (χ0v) is 10.8. The van der Waals surface area contributed by atoms with E-state index in [2.05, 4.69) is 10.0 Å². The average molecular weight is 252 g/mol. The summed E-state index contributed by atoms with van der Waals surface area (Å²) in [6.45, 7) is 2.88. The highest BCUT2D eigenvalue weighted by atomic mass is 32.2. The summed E-state index contributed by atoms with van der Waals surface area (Å²) in [5.74, 6) is 2.60. The van der Waals surface area contributed by atoms with Gasteiger partial charge in [0, 0.05) is 19.1 Å². The quantitative estimate of drug-likeness (QED) is 0.672. The molecular weight excluding hydrogens is 232 g/mol. The zero-order chi connectivity index (χ0) is 11.1. The molecule has 2 N–H and O–H groups in total. The second-order valence-corrected chi connectivity index (χ2v) is 6.96. The second-order valence-electron chi connectivity index (χ2n) is 3.64. The Labute approximate surface area is 96.6 Å². The van der Waals surface area contributed by atoms with Crippen molar-refractivity contribution in [3.63, 3.8) is 0 Å². The third kappa shape index (κ3) is 5.75. The van der Waals surface area contributed by atoms with Gasteiger partial charge in [-0.25, -0.2) is 13.1 Å². The first-order chi connectivity index (χ1) is 7.14. The fourth-order valence-corrected chi connectivity index (χ4v) is 3.21. The van der Waals surface area contributed by atoms with Crippen molar-refractivity contribution in [3.8, 4) is 0 Å². The second kappa shape index (κ2) is 6.73. The summed E-state index contributed by atoms with van der Waals surface area (Å²) in [5, 5.41) is 3.38. The number of nitrogens with one attached hydrogen (secondary N) is 2. The first-order valence-electron chi connectivity index (χ1n) is 5.42. The van der Waals surface area contributed by atoms with Gasteiger partial charge in [-0.2, -0.15) is 11.8 Å². The Hall–Kier alpha value is 0.220. The molecule has 0 unspecified atom stereocenters. The van der Waals surface area contributed by atoms with Crippen LogP contribution in [0.5, 0.6) is 0 Å². The lowest BCUT2D eigenvalue weighted by atomic mass is 10.1. The average Bonchev–Trinajstić information content (AvgIpc) is 2.26. The monoisotopic (exact) mass is 252 g/mol. The van der Waals surface area contributed by atoms with E-state index in [1.165, 1.54) is 24.3 Å². The Morgan fingerprint density at radius 3 is 2.53 bits per heavy atom. The van der Waals surface area contributed by atoms with Crippen LogP contribution in [0.2, 0.25) is 0 Å².